The van der Waals surface area contributed by atoms with E-state index in [0.29, 0.717) is 17.8 Å². The Morgan fingerprint density at radius 3 is 2.68 bits per heavy atom. The zero-order valence-corrected chi connectivity index (χ0v) is 12.9. The summed E-state index contributed by atoms with van der Waals surface area (Å²) in [5, 5.41) is 9.96. The van der Waals surface area contributed by atoms with Crippen LogP contribution in [0, 0.1) is 5.92 Å². The van der Waals surface area contributed by atoms with Crippen LogP contribution in [0.4, 0.5) is 0 Å². The molecule has 1 fully saturated rings. The second-order valence-electron chi connectivity index (χ2n) is 5.37. The summed E-state index contributed by atoms with van der Waals surface area (Å²) < 4.78 is 0. The predicted molar refractivity (Wildman–Crippen MR) is 83.8 cm³/mol. The van der Waals surface area contributed by atoms with E-state index >= 15 is 0 Å². The van der Waals surface area contributed by atoms with Crippen molar-refractivity contribution in [1.29, 1.82) is 0 Å². The van der Waals surface area contributed by atoms with Crippen molar-refractivity contribution in [2.45, 2.75) is 19.4 Å². The Kier molecular flexibility index (Phi) is 3.94. The molecule has 114 valence electrons. The molecule has 0 saturated carbocycles. The average molecular weight is 316 g/mol. The fourth-order valence-electron chi connectivity index (χ4n) is 2.79. The highest BCUT2D eigenvalue weighted by atomic mass is 32.1. The monoisotopic (exact) mass is 316 g/mol. The maximum Gasteiger partial charge on any atom is 0.308 e. The number of aromatic nitrogens is 1. The fourth-order valence-corrected chi connectivity index (χ4v) is 3.66. The highest BCUT2D eigenvalue weighted by Gasteiger charge is 2.38. The molecule has 6 heteroatoms. The maximum absolute atomic E-state index is 12.6. The van der Waals surface area contributed by atoms with Crippen molar-refractivity contribution >= 4 is 23.2 Å². The number of thiazole rings is 1. The zero-order valence-electron chi connectivity index (χ0n) is 12.1. The summed E-state index contributed by atoms with van der Waals surface area (Å²) in [6.07, 6.45) is 2.09. The Labute approximate surface area is 132 Å². The number of likely N-dealkylation sites (tertiary alicyclic amines) is 1. The van der Waals surface area contributed by atoms with Gasteiger partial charge in [0, 0.05) is 18.2 Å². The molecule has 22 heavy (non-hydrogen) atoms. The second kappa shape index (κ2) is 5.88. The molecule has 0 bridgehead atoms. The van der Waals surface area contributed by atoms with E-state index in [-0.39, 0.29) is 11.9 Å². The van der Waals surface area contributed by atoms with Gasteiger partial charge in [-0.25, -0.2) is 4.98 Å². The maximum atomic E-state index is 12.6. The summed E-state index contributed by atoms with van der Waals surface area (Å²) in [6.45, 7) is 2.28. The SMILES string of the molecule is CC1C(C(=O)O)CCN1C(=O)c1cnc(-c2ccccc2)s1. The molecule has 1 aliphatic rings. The van der Waals surface area contributed by atoms with Crippen molar-refractivity contribution < 1.29 is 14.7 Å². The van der Waals surface area contributed by atoms with Crippen molar-refractivity contribution in [2.75, 3.05) is 6.54 Å². The van der Waals surface area contributed by atoms with Gasteiger partial charge in [-0.15, -0.1) is 11.3 Å². The highest BCUT2D eigenvalue weighted by Crippen LogP contribution is 2.30. The van der Waals surface area contributed by atoms with E-state index in [1.807, 2.05) is 30.3 Å². The predicted octanol–water partition coefficient (Wildman–Crippen LogP) is 2.75. The third-order valence-electron chi connectivity index (χ3n) is 4.07. The van der Waals surface area contributed by atoms with Gasteiger partial charge >= 0.3 is 5.97 Å². The van der Waals surface area contributed by atoms with Gasteiger partial charge in [0.25, 0.3) is 5.91 Å². The van der Waals surface area contributed by atoms with Gasteiger partial charge in [0.1, 0.15) is 9.88 Å². The van der Waals surface area contributed by atoms with Crippen LogP contribution < -0.4 is 0 Å². The smallest absolute Gasteiger partial charge is 0.308 e. The van der Waals surface area contributed by atoms with Gasteiger partial charge in [-0.2, -0.15) is 0 Å². The van der Waals surface area contributed by atoms with Gasteiger partial charge in [0.2, 0.25) is 0 Å². The molecule has 1 amide bonds. The molecule has 5 nitrogen and oxygen atoms in total. The van der Waals surface area contributed by atoms with Gasteiger partial charge in [-0.3, -0.25) is 9.59 Å². The van der Waals surface area contributed by atoms with E-state index in [2.05, 4.69) is 4.98 Å². The van der Waals surface area contributed by atoms with E-state index in [1.54, 1.807) is 18.0 Å². The highest BCUT2D eigenvalue weighted by molar-refractivity contribution is 7.16. The first-order valence-corrected chi connectivity index (χ1v) is 7.94. The van der Waals surface area contributed by atoms with Crippen LogP contribution in [-0.4, -0.2) is 39.5 Å². The van der Waals surface area contributed by atoms with Crippen LogP contribution in [0.5, 0.6) is 0 Å². The first-order valence-electron chi connectivity index (χ1n) is 7.13. The summed E-state index contributed by atoms with van der Waals surface area (Å²) in [5.74, 6) is -1.45. The van der Waals surface area contributed by atoms with Crippen LogP contribution in [-0.2, 0) is 4.79 Å². The minimum absolute atomic E-state index is 0.129. The topological polar surface area (TPSA) is 70.5 Å². The number of amides is 1. The molecule has 1 aromatic carbocycles. The van der Waals surface area contributed by atoms with Crippen molar-refractivity contribution in [3.05, 3.63) is 41.4 Å². The molecule has 1 N–H and O–H groups in total. The van der Waals surface area contributed by atoms with Gasteiger partial charge in [0.05, 0.1) is 12.1 Å². The lowest BCUT2D eigenvalue weighted by Gasteiger charge is -2.22. The Morgan fingerprint density at radius 1 is 1.32 bits per heavy atom. The summed E-state index contributed by atoms with van der Waals surface area (Å²) >= 11 is 1.34. The number of carboxylic acids is 1. The van der Waals surface area contributed by atoms with Gasteiger partial charge < -0.3 is 10.0 Å². The van der Waals surface area contributed by atoms with Crippen LogP contribution in [0.1, 0.15) is 23.0 Å². The number of carbonyl (C=O) groups excluding carboxylic acids is 1. The van der Waals surface area contributed by atoms with E-state index in [1.165, 1.54) is 11.3 Å². The number of hydrogen-bond donors (Lipinski definition) is 1. The number of hydrogen-bond acceptors (Lipinski definition) is 4. The Bertz CT molecular complexity index is 698. The van der Waals surface area contributed by atoms with Gasteiger partial charge in [-0.1, -0.05) is 30.3 Å². The molecule has 1 aliphatic heterocycles. The summed E-state index contributed by atoms with van der Waals surface area (Å²) in [5.41, 5.74) is 0.976. The molecule has 2 atom stereocenters. The summed E-state index contributed by atoms with van der Waals surface area (Å²) in [4.78, 5) is 30.2. The van der Waals surface area contributed by atoms with Crippen LogP contribution in [0.3, 0.4) is 0 Å². The van der Waals surface area contributed by atoms with Crippen molar-refractivity contribution in [2.24, 2.45) is 5.92 Å². The molecule has 0 spiro atoms. The third-order valence-corrected chi connectivity index (χ3v) is 5.10. The normalized spacial score (nSPS) is 21.0. The van der Waals surface area contributed by atoms with Crippen molar-refractivity contribution in [1.82, 2.24) is 9.88 Å². The number of carbonyl (C=O) groups is 2. The Hall–Kier alpha value is -2.21. The largest absolute Gasteiger partial charge is 0.481 e. The number of carboxylic acid groups (broad SMARTS) is 1. The Morgan fingerprint density at radius 2 is 2.05 bits per heavy atom. The van der Waals surface area contributed by atoms with Gasteiger partial charge in [0.15, 0.2) is 0 Å². The molecule has 3 rings (SSSR count). The molecular weight excluding hydrogens is 300 g/mol. The van der Waals surface area contributed by atoms with Crippen LogP contribution in [0.15, 0.2) is 36.5 Å². The van der Waals surface area contributed by atoms with Gasteiger partial charge in [-0.05, 0) is 13.3 Å². The van der Waals surface area contributed by atoms with Crippen LogP contribution in [0.25, 0.3) is 10.6 Å². The summed E-state index contributed by atoms with van der Waals surface area (Å²) in [6, 6.07) is 9.41. The number of aliphatic carboxylic acids is 1. The molecule has 2 unspecified atom stereocenters. The molecule has 1 saturated heterocycles. The number of rotatable bonds is 3. The lowest BCUT2D eigenvalue weighted by molar-refractivity contribution is -0.142. The minimum atomic E-state index is -0.836. The van der Waals surface area contributed by atoms with E-state index < -0.39 is 11.9 Å². The quantitative estimate of drug-likeness (QED) is 0.945. The van der Waals surface area contributed by atoms with Crippen LogP contribution >= 0.6 is 11.3 Å². The van der Waals surface area contributed by atoms with E-state index in [0.717, 1.165) is 10.6 Å². The first-order chi connectivity index (χ1) is 10.6. The molecular formula is C16H16N2O3S. The lowest BCUT2D eigenvalue weighted by Crippen LogP contribution is -2.37. The molecule has 2 heterocycles. The minimum Gasteiger partial charge on any atom is -0.481 e. The standard InChI is InChI=1S/C16H16N2O3S/c1-10-12(16(20)21)7-8-18(10)15(19)13-9-17-14(22-13)11-5-3-2-4-6-11/h2-6,9-10,12H,7-8H2,1H3,(H,20,21). The molecule has 0 radical (unpaired) electrons. The average Bonchev–Trinajstić information content (AvgIpc) is 3.14. The molecule has 1 aromatic heterocycles. The van der Waals surface area contributed by atoms with Crippen molar-refractivity contribution in [3.63, 3.8) is 0 Å². The molecule has 0 aliphatic carbocycles. The van der Waals surface area contributed by atoms with E-state index in [4.69, 9.17) is 5.11 Å². The zero-order chi connectivity index (χ0) is 15.7. The van der Waals surface area contributed by atoms with Crippen LogP contribution in [0.2, 0.25) is 0 Å². The second-order valence-corrected chi connectivity index (χ2v) is 6.40. The lowest BCUT2D eigenvalue weighted by atomic mass is 10.0. The number of benzene rings is 1. The van der Waals surface area contributed by atoms with Crippen molar-refractivity contribution in [3.8, 4) is 10.6 Å². The molecule has 2 aromatic rings. The third kappa shape index (κ3) is 2.62. The fraction of sp³-hybridized carbons (Fsp3) is 0.312. The summed E-state index contributed by atoms with van der Waals surface area (Å²) in [7, 11) is 0. The first kappa shape index (κ1) is 14.7. The number of nitrogens with zero attached hydrogens (tertiary/aromatic N) is 2. The van der Waals surface area contributed by atoms with E-state index in [9.17, 15) is 9.59 Å². The Balaban J connectivity index is 1.79.